The molecule has 144 valence electrons. The Hall–Kier alpha value is -2.66. The zero-order chi connectivity index (χ0) is 19.3. The molecule has 0 saturated carbocycles. The van der Waals surface area contributed by atoms with Gasteiger partial charge in [0.15, 0.2) is 0 Å². The predicted octanol–water partition coefficient (Wildman–Crippen LogP) is 4.62. The lowest BCUT2D eigenvalue weighted by molar-refractivity contribution is 0.198. The maximum Gasteiger partial charge on any atom is 0.127 e. The number of aromatic nitrogens is 3. The molecule has 0 aliphatic carbocycles. The molecule has 5 heteroatoms. The van der Waals surface area contributed by atoms with Crippen molar-refractivity contribution in [3.63, 3.8) is 0 Å². The Balaban J connectivity index is 1.47. The molecule has 1 atom stereocenters. The molecule has 1 saturated heterocycles. The minimum Gasteiger partial charge on any atom is -0.298 e. The van der Waals surface area contributed by atoms with E-state index in [0.29, 0.717) is 5.92 Å². The van der Waals surface area contributed by atoms with E-state index in [0.717, 1.165) is 67.2 Å². The zero-order valence-electron chi connectivity index (χ0n) is 16.2. The second kappa shape index (κ2) is 8.57. The van der Waals surface area contributed by atoms with Gasteiger partial charge in [0, 0.05) is 54.6 Å². The molecule has 0 N–H and O–H groups in total. The number of benzene rings is 1. The van der Waals surface area contributed by atoms with E-state index >= 15 is 0 Å². The van der Waals surface area contributed by atoms with Crippen LogP contribution in [-0.4, -0.2) is 32.9 Å². The Bertz CT molecular complexity index is 926. The Labute approximate surface area is 165 Å². The summed E-state index contributed by atoms with van der Waals surface area (Å²) in [5.41, 5.74) is 3.89. The molecule has 2 aromatic heterocycles. The molecule has 1 aliphatic rings. The van der Waals surface area contributed by atoms with Crippen LogP contribution in [0.25, 0.3) is 11.3 Å². The number of halogens is 1. The zero-order valence-corrected chi connectivity index (χ0v) is 16.2. The van der Waals surface area contributed by atoms with E-state index in [1.54, 1.807) is 12.1 Å². The Kier molecular flexibility index (Phi) is 5.72. The third kappa shape index (κ3) is 4.42. The van der Waals surface area contributed by atoms with Gasteiger partial charge in [-0.3, -0.25) is 9.88 Å². The average Bonchev–Trinajstić information content (AvgIpc) is 2.75. The first-order valence-corrected chi connectivity index (χ1v) is 9.96. The van der Waals surface area contributed by atoms with Crippen LogP contribution >= 0.6 is 0 Å². The normalized spacial score (nSPS) is 17.6. The third-order valence-corrected chi connectivity index (χ3v) is 5.30. The smallest absolute Gasteiger partial charge is 0.127 e. The summed E-state index contributed by atoms with van der Waals surface area (Å²) in [7, 11) is 0. The summed E-state index contributed by atoms with van der Waals surface area (Å²) in [6.07, 6.45) is 7.02. The molecule has 0 spiro atoms. The molecule has 0 unspecified atom stereocenters. The lowest BCUT2D eigenvalue weighted by Crippen LogP contribution is -2.34. The maximum absolute atomic E-state index is 13.6. The van der Waals surface area contributed by atoms with Gasteiger partial charge in [0.25, 0.3) is 0 Å². The lowest BCUT2D eigenvalue weighted by atomic mass is 9.93. The number of nitrogens with zero attached hydrogens (tertiary/aromatic N) is 4. The van der Waals surface area contributed by atoms with Gasteiger partial charge in [-0.05, 0) is 43.7 Å². The fourth-order valence-electron chi connectivity index (χ4n) is 3.83. The minimum atomic E-state index is -0.232. The highest BCUT2D eigenvalue weighted by Gasteiger charge is 2.23. The molecular formula is C23H25FN4. The molecule has 4 rings (SSSR count). The SMILES string of the molecule is CCc1ncc(CN2CCC[C@H](c3cccc(-c4cccc(F)c4)n3)C2)cn1. The van der Waals surface area contributed by atoms with Gasteiger partial charge in [0.2, 0.25) is 0 Å². The highest BCUT2D eigenvalue weighted by atomic mass is 19.1. The van der Waals surface area contributed by atoms with Crippen LogP contribution in [0.3, 0.4) is 0 Å². The molecule has 28 heavy (non-hydrogen) atoms. The topological polar surface area (TPSA) is 41.9 Å². The number of rotatable bonds is 5. The first-order chi connectivity index (χ1) is 13.7. The largest absolute Gasteiger partial charge is 0.298 e. The van der Waals surface area contributed by atoms with Crippen molar-refractivity contribution in [3.8, 4) is 11.3 Å². The van der Waals surface area contributed by atoms with Crippen molar-refractivity contribution >= 4 is 0 Å². The van der Waals surface area contributed by atoms with E-state index in [4.69, 9.17) is 4.98 Å². The van der Waals surface area contributed by atoms with E-state index in [9.17, 15) is 4.39 Å². The molecule has 3 heterocycles. The highest BCUT2D eigenvalue weighted by Crippen LogP contribution is 2.28. The molecule has 0 radical (unpaired) electrons. The summed E-state index contributed by atoms with van der Waals surface area (Å²) in [6, 6.07) is 12.7. The molecule has 1 fully saturated rings. The predicted molar refractivity (Wildman–Crippen MR) is 108 cm³/mol. The lowest BCUT2D eigenvalue weighted by Gasteiger charge is -2.32. The fourth-order valence-corrected chi connectivity index (χ4v) is 3.83. The summed E-state index contributed by atoms with van der Waals surface area (Å²) in [6.45, 7) is 4.98. The standard InChI is InChI=1S/C23H25FN4/c1-2-23-25-13-17(14-26-23)15-28-11-5-7-19(16-28)22-10-4-9-21(27-22)18-6-3-8-20(24)12-18/h3-4,6,8-10,12-14,19H,2,5,7,11,15-16H2,1H3/t19-/m0/s1. The summed E-state index contributed by atoms with van der Waals surface area (Å²) in [5.74, 6) is 1.04. The molecule has 0 amide bonds. The van der Waals surface area contributed by atoms with Crippen LogP contribution in [0.5, 0.6) is 0 Å². The van der Waals surface area contributed by atoms with E-state index in [1.165, 1.54) is 6.07 Å². The number of hydrogen-bond acceptors (Lipinski definition) is 4. The molecule has 0 bridgehead atoms. The van der Waals surface area contributed by atoms with Crippen LogP contribution in [0, 0.1) is 5.82 Å². The second-order valence-electron chi connectivity index (χ2n) is 7.39. The van der Waals surface area contributed by atoms with Gasteiger partial charge in [0.05, 0.1) is 5.69 Å². The van der Waals surface area contributed by atoms with Gasteiger partial charge in [0.1, 0.15) is 11.6 Å². The second-order valence-corrected chi connectivity index (χ2v) is 7.39. The van der Waals surface area contributed by atoms with Crippen LogP contribution in [0.2, 0.25) is 0 Å². The molecular weight excluding hydrogens is 351 g/mol. The van der Waals surface area contributed by atoms with Crippen molar-refractivity contribution in [1.82, 2.24) is 19.9 Å². The van der Waals surface area contributed by atoms with Gasteiger partial charge in [-0.15, -0.1) is 0 Å². The van der Waals surface area contributed by atoms with Crippen molar-refractivity contribution in [2.75, 3.05) is 13.1 Å². The Morgan fingerprint density at radius 1 is 1.11 bits per heavy atom. The summed E-state index contributed by atoms with van der Waals surface area (Å²) in [4.78, 5) is 16.1. The van der Waals surface area contributed by atoms with Crippen LogP contribution < -0.4 is 0 Å². The number of likely N-dealkylation sites (tertiary alicyclic amines) is 1. The van der Waals surface area contributed by atoms with Crippen molar-refractivity contribution in [2.24, 2.45) is 0 Å². The summed E-state index contributed by atoms with van der Waals surface area (Å²) >= 11 is 0. The number of hydrogen-bond donors (Lipinski definition) is 0. The minimum absolute atomic E-state index is 0.232. The monoisotopic (exact) mass is 376 g/mol. The van der Waals surface area contributed by atoms with E-state index < -0.39 is 0 Å². The van der Waals surface area contributed by atoms with Gasteiger partial charge in [-0.25, -0.2) is 14.4 Å². The van der Waals surface area contributed by atoms with Crippen molar-refractivity contribution in [3.05, 3.63) is 77.8 Å². The van der Waals surface area contributed by atoms with Crippen LogP contribution in [0.4, 0.5) is 4.39 Å². The molecule has 4 nitrogen and oxygen atoms in total. The summed E-state index contributed by atoms with van der Waals surface area (Å²) < 4.78 is 13.6. The van der Waals surface area contributed by atoms with Crippen molar-refractivity contribution in [1.29, 1.82) is 0 Å². The van der Waals surface area contributed by atoms with E-state index in [2.05, 4.69) is 27.9 Å². The van der Waals surface area contributed by atoms with Crippen LogP contribution in [0.15, 0.2) is 54.9 Å². The van der Waals surface area contributed by atoms with Gasteiger partial charge >= 0.3 is 0 Å². The molecule has 3 aromatic rings. The van der Waals surface area contributed by atoms with E-state index in [1.807, 2.05) is 30.6 Å². The van der Waals surface area contributed by atoms with Gasteiger partial charge in [-0.1, -0.05) is 25.1 Å². The quantitative estimate of drug-likeness (QED) is 0.652. The van der Waals surface area contributed by atoms with Crippen LogP contribution in [-0.2, 0) is 13.0 Å². The summed E-state index contributed by atoms with van der Waals surface area (Å²) in [5, 5.41) is 0. The maximum atomic E-state index is 13.6. The first-order valence-electron chi connectivity index (χ1n) is 9.96. The van der Waals surface area contributed by atoms with Crippen LogP contribution in [0.1, 0.15) is 42.8 Å². The first kappa shape index (κ1) is 18.7. The number of pyridine rings is 1. The van der Waals surface area contributed by atoms with Gasteiger partial charge < -0.3 is 0 Å². The Morgan fingerprint density at radius 2 is 1.93 bits per heavy atom. The molecule has 1 aromatic carbocycles. The van der Waals surface area contributed by atoms with Crippen molar-refractivity contribution < 1.29 is 4.39 Å². The average molecular weight is 376 g/mol. The van der Waals surface area contributed by atoms with Gasteiger partial charge in [-0.2, -0.15) is 0 Å². The Morgan fingerprint density at radius 3 is 2.71 bits per heavy atom. The highest BCUT2D eigenvalue weighted by molar-refractivity contribution is 5.59. The number of piperidine rings is 1. The fraction of sp³-hybridized carbons (Fsp3) is 0.348. The van der Waals surface area contributed by atoms with Crippen molar-refractivity contribution in [2.45, 2.75) is 38.6 Å². The molecule has 1 aliphatic heterocycles. The third-order valence-electron chi connectivity index (χ3n) is 5.30. The number of aryl methyl sites for hydroxylation is 1. The van der Waals surface area contributed by atoms with E-state index in [-0.39, 0.29) is 5.82 Å².